The summed E-state index contributed by atoms with van der Waals surface area (Å²) in [6.07, 6.45) is -0.869. The van der Waals surface area contributed by atoms with E-state index in [1.165, 1.54) is 7.11 Å². The van der Waals surface area contributed by atoms with Crippen LogP contribution in [0.5, 0.6) is 5.75 Å². The molecule has 0 spiro atoms. The fraction of sp³-hybridized carbons (Fsp3) is 0.235. The molecule has 7 heteroatoms. The van der Waals surface area contributed by atoms with Gasteiger partial charge in [0.2, 0.25) is 5.78 Å². The number of halogens is 1. The third kappa shape index (κ3) is 4.62. The van der Waals surface area contributed by atoms with Gasteiger partial charge in [0.05, 0.1) is 30.9 Å². The Morgan fingerprint density at radius 2 is 1.88 bits per heavy atom. The van der Waals surface area contributed by atoms with Gasteiger partial charge in [-0.2, -0.15) is 0 Å². The molecule has 0 fully saturated rings. The van der Waals surface area contributed by atoms with Crippen molar-refractivity contribution >= 4 is 26.1 Å². The highest BCUT2D eigenvalue weighted by molar-refractivity contribution is 7.17. The zero-order chi connectivity index (χ0) is 17.4. The van der Waals surface area contributed by atoms with Crippen molar-refractivity contribution in [2.45, 2.75) is 6.10 Å². The van der Waals surface area contributed by atoms with Gasteiger partial charge in [-0.15, -0.1) is 0 Å². The molecule has 0 radical (unpaired) electrons. The first-order chi connectivity index (χ1) is 11.7. The topological polar surface area (TPSA) is 61.8 Å². The number of methoxy groups -OCH3 is 1. The quantitative estimate of drug-likeness (QED) is 0.371. The molecule has 2 aromatic carbocycles. The number of Topliss-reactive ketones (excluding diaryl/α,β-unsaturated/α-hetero) is 1. The van der Waals surface area contributed by atoms with E-state index in [-0.39, 0.29) is 24.6 Å². The molecule has 1 atom stereocenters. The van der Waals surface area contributed by atoms with Crippen LogP contribution in [0.1, 0.15) is 22.0 Å². The van der Waals surface area contributed by atoms with Gasteiger partial charge in [-0.25, -0.2) is 4.57 Å². The van der Waals surface area contributed by atoms with Crippen molar-refractivity contribution in [1.82, 2.24) is 0 Å². The van der Waals surface area contributed by atoms with Crippen molar-refractivity contribution in [1.29, 1.82) is 0 Å². The Hall–Kier alpha value is -1.78. The summed E-state index contributed by atoms with van der Waals surface area (Å²) < 4.78 is 25.9. The summed E-state index contributed by atoms with van der Waals surface area (Å²) in [6, 6.07) is 14.1. The van der Waals surface area contributed by atoms with Crippen LogP contribution >= 0.6 is 20.3 Å². The molecule has 2 rings (SSSR count). The van der Waals surface area contributed by atoms with Gasteiger partial charge < -0.3 is 9.47 Å². The molecule has 24 heavy (non-hydrogen) atoms. The molecule has 0 aromatic heterocycles. The van der Waals surface area contributed by atoms with Gasteiger partial charge in [0, 0.05) is 0 Å². The highest BCUT2D eigenvalue weighted by Crippen LogP contribution is 2.32. The lowest BCUT2D eigenvalue weighted by molar-refractivity contribution is 0.0308. The second-order valence-corrected chi connectivity index (χ2v) is 5.57. The maximum absolute atomic E-state index is 13.0. The highest BCUT2D eigenvalue weighted by Gasteiger charge is 2.27. The second-order valence-electron chi connectivity index (χ2n) is 4.75. The van der Waals surface area contributed by atoms with E-state index in [4.69, 9.17) is 25.6 Å². The molecule has 126 valence electrons. The van der Waals surface area contributed by atoms with Crippen LogP contribution in [0, 0.1) is 0 Å². The van der Waals surface area contributed by atoms with Gasteiger partial charge >= 0.3 is 8.69 Å². The minimum Gasteiger partial charge on any atom is -0.496 e. The SMILES string of the molecule is COc1cccc(Cl)c1C(=O)C(OCCOP=O)c1ccccc1. The van der Waals surface area contributed by atoms with E-state index >= 15 is 0 Å². The van der Waals surface area contributed by atoms with E-state index < -0.39 is 14.8 Å². The number of benzene rings is 2. The molecule has 0 aliphatic rings. The number of hydrogen-bond acceptors (Lipinski definition) is 5. The maximum atomic E-state index is 13.0. The van der Waals surface area contributed by atoms with Crippen LogP contribution in [0.3, 0.4) is 0 Å². The van der Waals surface area contributed by atoms with Crippen LogP contribution in [0.25, 0.3) is 0 Å². The van der Waals surface area contributed by atoms with E-state index in [1.807, 2.05) is 18.2 Å². The number of ketones is 1. The lowest BCUT2D eigenvalue weighted by Gasteiger charge is -2.19. The summed E-state index contributed by atoms with van der Waals surface area (Å²) in [5, 5.41) is 0.290. The Labute approximate surface area is 146 Å². The molecule has 2 aromatic rings. The van der Waals surface area contributed by atoms with Gasteiger partial charge in [0.15, 0.2) is 0 Å². The Kier molecular flexibility index (Phi) is 7.35. The molecule has 0 heterocycles. The largest absolute Gasteiger partial charge is 0.496 e. The second kappa shape index (κ2) is 9.50. The summed E-state index contributed by atoms with van der Waals surface area (Å²) in [5.74, 6) is 0.0645. The van der Waals surface area contributed by atoms with E-state index in [0.717, 1.165) is 0 Å². The number of rotatable bonds is 9. The Morgan fingerprint density at radius 3 is 2.54 bits per heavy atom. The van der Waals surface area contributed by atoms with Crippen molar-refractivity contribution in [3.8, 4) is 5.75 Å². The first kappa shape index (κ1) is 18.6. The Bertz CT molecular complexity index is 693. The van der Waals surface area contributed by atoms with E-state index in [2.05, 4.69) is 0 Å². The summed E-state index contributed by atoms with van der Waals surface area (Å²) in [5.41, 5.74) is 0.947. The average Bonchev–Trinajstić information content (AvgIpc) is 2.61. The number of carbonyl (C=O) groups excluding carboxylic acids is 1. The average molecular weight is 367 g/mol. The third-order valence-corrected chi connectivity index (χ3v) is 3.90. The summed E-state index contributed by atoms with van der Waals surface area (Å²) in [6.45, 7) is 0.203. The van der Waals surface area contributed by atoms with Gasteiger partial charge in [-0.05, 0) is 17.7 Å². The third-order valence-electron chi connectivity index (χ3n) is 3.29. The van der Waals surface area contributed by atoms with Crippen molar-refractivity contribution in [2.75, 3.05) is 20.3 Å². The molecular weight excluding hydrogens is 351 g/mol. The number of hydrogen-bond donors (Lipinski definition) is 0. The minimum absolute atomic E-state index is 0.0985. The lowest BCUT2D eigenvalue weighted by atomic mass is 9.99. The van der Waals surface area contributed by atoms with Crippen LogP contribution in [-0.4, -0.2) is 26.1 Å². The standard InChI is InChI=1S/C17H16ClO5P/c1-21-14-9-5-8-13(18)15(14)16(19)17(22-10-11-23-24-20)12-6-3-2-4-7-12/h2-9,17H,10-11H2,1H3. The van der Waals surface area contributed by atoms with Crippen LogP contribution < -0.4 is 4.74 Å². The lowest BCUT2D eigenvalue weighted by Crippen LogP contribution is -2.19. The molecule has 0 amide bonds. The van der Waals surface area contributed by atoms with E-state index in [1.54, 1.807) is 30.3 Å². The summed E-state index contributed by atoms with van der Waals surface area (Å²) >= 11 is 6.19. The minimum atomic E-state index is -0.869. The molecule has 0 aliphatic heterocycles. The molecule has 0 N–H and O–H groups in total. The van der Waals surface area contributed by atoms with Crippen LogP contribution in [0.4, 0.5) is 0 Å². The summed E-state index contributed by atoms with van der Waals surface area (Å²) in [7, 11) is 1.04. The van der Waals surface area contributed by atoms with Gasteiger partial charge in [-0.3, -0.25) is 9.32 Å². The Balaban J connectivity index is 2.32. The zero-order valence-electron chi connectivity index (χ0n) is 13.0. The van der Waals surface area contributed by atoms with E-state index in [9.17, 15) is 9.36 Å². The number of carbonyl (C=O) groups is 1. The van der Waals surface area contributed by atoms with Crippen LogP contribution in [0.2, 0.25) is 5.02 Å². The zero-order valence-corrected chi connectivity index (χ0v) is 14.6. The summed E-state index contributed by atoms with van der Waals surface area (Å²) in [4.78, 5) is 13.0. The first-order valence-corrected chi connectivity index (χ1v) is 8.27. The van der Waals surface area contributed by atoms with Crippen LogP contribution in [0.15, 0.2) is 48.5 Å². The fourth-order valence-corrected chi connectivity index (χ4v) is 2.64. The van der Waals surface area contributed by atoms with Crippen molar-refractivity contribution in [2.24, 2.45) is 0 Å². The van der Waals surface area contributed by atoms with E-state index in [0.29, 0.717) is 16.3 Å². The van der Waals surface area contributed by atoms with Crippen molar-refractivity contribution in [3.63, 3.8) is 0 Å². The van der Waals surface area contributed by atoms with Gasteiger partial charge in [-0.1, -0.05) is 48.0 Å². The Morgan fingerprint density at radius 1 is 1.12 bits per heavy atom. The molecule has 0 saturated heterocycles. The monoisotopic (exact) mass is 366 g/mol. The fourth-order valence-electron chi connectivity index (χ4n) is 2.24. The molecular formula is C17H16ClO5P. The molecule has 5 nitrogen and oxygen atoms in total. The van der Waals surface area contributed by atoms with Crippen LogP contribution in [-0.2, 0) is 13.8 Å². The van der Waals surface area contributed by atoms with Crippen molar-refractivity contribution in [3.05, 3.63) is 64.7 Å². The molecule has 0 aliphatic carbocycles. The normalized spacial score (nSPS) is 12.1. The predicted octanol–water partition coefficient (Wildman–Crippen LogP) is 4.51. The molecule has 0 saturated carbocycles. The maximum Gasteiger partial charge on any atom is 0.327 e. The molecule has 1 unspecified atom stereocenters. The van der Waals surface area contributed by atoms with Gasteiger partial charge in [0.25, 0.3) is 0 Å². The highest BCUT2D eigenvalue weighted by atomic mass is 35.5. The van der Waals surface area contributed by atoms with Gasteiger partial charge in [0.1, 0.15) is 11.9 Å². The smallest absolute Gasteiger partial charge is 0.327 e. The first-order valence-electron chi connectivity index (χ1n) is 7.17. The molecule has 0 bridgehead atoms. The number of ether oxygens (including phenoxy) is 2. The van der Waals surface area contributed by atoms with Crippen molar-refractivity contribution < 1.29 is 23.4 Å². The predicted molar refractivity (Wildman–Crippen MR) is 91.0 cm³/mol.